The number of nitrogen functional groups attached to an aromatic ring is 1. The molecule has 0 saturated carbocycles. The van der Waals surface area contributed by atoms with Gasteiger partial charge in [-0.15, -0.1) is 0 Å². The first-order chi connectivity index (χ1) is 9.11. The van der Waals surface area contributed by atoms with Crippen molar-refractivity contribution in [3.63, 3.8) is 0 Å². The Morgan fingerprint density at radius 1 is 1.05 bits per heavy atom. The molecule has 0 fully saturated rings. The third kappa shape index (κ3) is 2.43. The molecule has 1 aliphatic rings. The number of nitrogens with two attached hydrogens (primary N) is 1. The van der Waals surface area contributed by atoms with Crippen LogP contribution >= 0.6 is 0 Å². The van der Waals surface area contributed by atoms with Gasteiger partial charge in [-0.05, 0) is 43.5 Å². The van der Waals surface area contributed by atoms with Crippen molar-refractivity contribution in [2.45, 2.75) is 26.8 Å². The molecule has 1 heterocycles. The van der Waals surface area contributed by atoms with Crippen LogP contribution in [0.3, 0.4) is 0 Å². The van der Waals surface area contributed by atoms with Gasteiger partial charge in [0.05, 0.1) is 0 Å². The Bertz CT molecular complexity index is 596. The summed E-state index contributed by atoms with van der Waals surface area (Å²) < 4.78 is 0. The first-order valence-corrected chi connectivity index (χ1v) is 6.82. The lowest BCUT2D eigenvalue weighted by Crippen LogP contribution is -2.19. The first kappa shape index (κ1) is 12.1. The Morgan fingerprint density at radius 2 is 1.79 bits per heavy atom. The number of fused-ring (bicyclic) bond motifs is 1. The monoisotopic (exact) mass is 252 g/mol. The summed E-state index contributed by atoms with van der Waals surface area (Å²) in [5.74, 6) is 0. The van der Waals surface area contributed by atoms with E-state index in [-0.39, 0.29) is 0 Å². The Morgan fingerprint density at radius 3 is 2.53 bits per heavy atom. The van der Waals surface area contributed by atoms with E-state index in [4.69, 9.17) is 5.73 Å². The van der Waals surface area contributed by atoms with Crippen molar-refractivity contribution in [2.24, 2.45) is 0 Å². The third-order valence-electron chi connectivity index (χ3n) is 3.76. The minimum absolute atomic E-state index is 0.853. The molecular weight excluding hydrogens is 232 g/mol. The average Bonchev–Trinajstić information content (AvgIpc) is 2.70. The molecular formula is C17H20N2. The van der Waals surface area contributed by atoms with E-state index in [2.05, 4.69) is 49.1 Å². The lowest BCUT2D eigenvalue weighted by atomic mass is 10.1. The highest BCUT2D eigenvalue weighted by Gasteiger charge is 2.19. The van der Waals surface area contributed by atoms with Crippen LogP contribution in [-0.2, 0) is 13.0 Å². The molecule has 0 unspecified atom stereocenters. The third-order valence-corrected chi connectivity index (χ3v) is 3.76. The molecule has 2 aromatic rings. The molecule has 2 heteroatoms. The van der Waals surface area contributed by atoms with E-state index in [0.717, 1.165) is 25.2 Å². The van der Waals surface area contributed by atoms with Crippen LogP contribution in [0.4, 0.5) is 11.4 Å². The van der Waals surface area contributed by atoms with Gasteiger partial charge in [0.25, 0.3) is 0 Å². The summed E-state index contributed by atoms with van der Waals surface area (Å²) in [6.45, 7) is 6.38. The number of hydrogen-bond acceptors (Lipinski definition) is 2. The van der Waals surface area contributed by atoms with E-state index < -0.39 is 0 Å². The lowest BCUT2D eigenvalue weighted by Gasteiger charge is -2.20. The standard InChI is InChI=1S/C17H20N2/c1-12-7-13(2)9-14(8-12)11-19-6-5-15-3-4-16(18)10-17(15)19/h3-4,7-10H,5-6,11,18H2,1-2H3. The molecule has 3 rings (SSSR count). The van der Waals surface area contributed by atoms with E-state index in [1.165, 1.54) is 27.9 Å². The Hall–Kier alpha value is -1.96. The smallest absolute Gasteiger partial charge is 0.0429 e. The van der Waals surface area contributed by atoms with Crippen LogP contribution in [0.15, 0.2) is 36.4 Å². The van der Waals surface area contributed by atoms with Crippen LogP contribution in [0.1, 0.15) is 22.3 Å². The van der Waals surface area contributed by atoms with E-state index in [0.29, 0.717) is 0 Å². The molecule has 2 nitrogen and oxygen atoms in total. The molecule has 0 aliphatic carbocycles. The molecule has 1 aliphatic heterocycles. The Labute approximate surface area is 114 Å². The molecule has 0 aromatic heterocycles. The van der Waals surface area contributed by atoms with Crippen molar-refractivity contribution in [3.05, 3.63) is 58.7 Å². The van der Waals surface area contributed by atoms with Crippen molar-refractivity contribution < 1.29 is 0 Å². The minimum Gasteiger partial charge on any atom is -0.399 e. The van der Waals surface area contributed by atoms with Crippen LogP contribution in [0, 0.1) is 13.8 Å². The summed E-state index contributed by atoms with van der Waals surface area (Å²) in [7, 11) is 0. The number of nitrogens with zero attached hydrogens (tertiary/aromatic N) is 1. The largest absolute Gasteiger partial charge is 0.399 e. The van der Waals surface area contributed by atoms with Gasteiger partial charge >= 0.3 is 0 Å². The van der Waals surface area contributed by atoms with E-state index in [9.17, 15) is 0 Å². The maximum absolute atomic E-state index is 5.91. The molecule has 0 spiro atoms. The SMILES string of the molecule is Cc1cc(C)cc(CN2CCc3ccc(N)cc32)c1. The molecule has 2 N–H and O–H groups in total. The molecule has 19 heavy (non-hydrogen) atoms. The zero-order chi connectivity index (χ0) is 13.4. The quantitative estimate of drug-likeness (QED) is 0.829. The fourth-order valence-corrected chi connectivity index (χ4v) is 3.01. The van der Waals surface area contributed by atoms with Crippen LogP contribution < -0.4 is 10.6 Å². The van der Waals surface area contributed by atoms with Crippen LogP contribution in [0.2, 0.25) is 0 Å². The zero-order valence-corrected chi connectivity index (χ0v) is 11.6. The molecule has 0 radical (unpaired) electrons. The molecule has 2 aromatic carbocycles. The maximum atomic E-state index is 5.91. The number of rotatable bonds is 2. The van der Waals surface area contributed by atoms with Gasteiger partial charge < -0.3 is 10.6 Å². The van der Waals surface area contributed by atoms with Crippen molar-refractivity contribution in [1.29, 1.82) is 0 Å². The van der Waals surface area contributed by atoms with E-state index in [1.807, 2.05) is 6.07 Å². The topological polar surface area (TPSA) is 29.3 Å². The average molecular weight is 252 g/mol. The van der Waals surface area contributed by atoms with Crippen molar-refractivity contribution in [3.8, 4) is 0 Å². The van der Waals surface area contributed by atoms with Crippen LogP contribution in [0.25, 0.3) is 0 Å². The number of benzene rings is 2. The molecule has 0 bridgehead atoms. The summed E-state index contributed by atoms with van der Waals surface area (Å²) in [6.07, 6.45) is 1.13. The van der Waals surface area contributed by atoms with Gasteiger partial charge in [0, 0.05) is 24.5 Å². The van der Waals surface area contributed by atoms with Gasteiger partial charge in [-0.3, -0.25) is 0 Å². The van der Waals surface area contributed by atoms with E-state index in [1.54, 1.807) is 0 Å². The predicted octanol–water partition coefficient (Wildman–Crippen LogP) is 3.45. The van der Waals surface area contributed by atoms with Gasteiger partial charge in [-0.25, -0.2) is 0 Å². The van der Waals surface area contributed by atoms with Crippen molar-refractivity contribution >= 4 is 11.4 Å². The second-order valence-corrected chi connectivity index (χ2v) is 5.56. The highest BCUT2D eigenvalue weighted by Crippen LogP contribution is 2.31. The second kappa shape index (κ2) is 4.61. The fourth-order valence-electron chi connectivity index (χ4n) is 3.01. The van der Waals surface area contributed by atoms with Gasteiger partial charge in [-0.2, -0.15) is 0 Å². The zero-order valence-electron chi connectivity index (χ0n) is 11.6. The minimum atomic E-state index is 0.853. The molecule has 0 atom stereocenters. The first-order valence-electron chi connectivity index (χ1n) is 6.82. The maximum Gasteiger partial charge on any atom is 0.0429 e. The van der Waals surface area contributed by atoms with E-state index >= 15 is 0 Å². The van der Waals surface area contributed by atoms with Gasteiger partial charge in [-0.1, -0.05) is 35.4 Å². The fraction of sp³-hybridized carbons (Fsp3) is 0.294. The highest BCUT2D eigenvalue weighted by atomic mass is 15.1. The van der Waals surface area contributed by atoms with Crippen molar-refractivity contribution in [2.75, 3.05) is 17.2 Å². The Kier molecular flexibility index (Phi) is 2.94. The van der Waals surface area contributed by atoms with Gasteiger partial charge in [0.2, 0.25) is 0 Å². The van der Waals surface area contributed by atoms with Gasteiger partial charge in [0.15, 0.2) is 0 Å². The highest BCUT2D eigenvalue weighted by molar-refractivity contribution is 5.64. The lowest BCUT2D eigenvalue weighted by molar-refractivity contribution is 0.834. The molecule has 98 valence electrons. The van der Waals surface area contributed by atoms with Crippen LogP contribution in [-0.4, -0.2) is 6.54 Å². The molecule has 0 amide bonds. The number of anilines is 2. The summed E-state index contributed by atoms with van der Waals surface area (Å²) in [5, 5.41) is 0. The Balaban J connectivity index is 1.88. The normalized spacial score (nSPS) is 13.7. The van der Waals surface area contributed by atoms with Gasteiger partial charge in [0.1, 0.15) is 0 Å². The summed E-state index contributed by atoms with van der Waals surface area (Å²) >= 11 is 0. The predicted molar refractivity (Wildman–Crippen MR) is 81.5 cm³/mol. The second-order valence-electron chi connectivity index (χ2n) is 5.56. The summed E-state index contributed by atoms with van der Waals surface area (Å²) in [6, 6.07) is 13.0. The number of aryl methyl sites for hydroxylation is 2. The van der Waals surface area contributed by atoms with Crippen LogP contribution in [0.5, 0.6) is 0 Å². The molecule has 0 saturated heterocycles. The summed E-state index contributed by atoms with van der Waals surface area (Å²) in [5.41, 5.74) is 13.5. The van der Waals surface area contributed by atoms with Crippen molar-refractivity contribution in [1.82, 2.24) is 0 Å². The number of hydrogen-bond donors (Lipinski definition) is 1. The summed E-state index contributed by atoms with van der Waals surface area (Å²) in [4.78, 5) is 2.43.